The minimum atomic E-state index is -0.914. The van der Waals surface area contributed by atoms with Crippen LogP contribution in [-0.4, -0.2) is 29.6 Å². The van der Waals surface area contributed by atoms with E-state index in [1.54, 1.807) is 0 Å². The van der Waals surface area contributed by atoms with E-state index in [0.29, 0.717) is 6.42 Å². The van der Waals surface area contributed by atoms with Crippen LogP contribution in [0, 0.1) is 0 Å². The number of benzene rings is 1. The van der Waals surface area contributed by atoms with Crippen molar-refractivity contribution in [1.82, 2.24) is 10.6 Å². The van der Waals surface area contributed by atoms with Crippen LogP contribution in [0.5, 0.6) is 0 Å². The molecule has 2 atom stereocenters. The smallest absolute Gasteiger partial charge is 0.320 e. The zero-order chi connectivity index (χ0) is 16.4. The lowest BCUT2D eigenvalue weighted by Crippen LogP contribution is -2.43. The van der Waals surface area contributed by atoms with Crippen LogP contribution in [0.1, 0.15) is 51.1 Å². The molecule has 2 unspecified atom stereocenters. The van der Waals surface area contributed by atoms with E-state index < -0.39 is 12.0 Å². The van der Waals surface area contributed by atoms with Crippen molar-refractivity contribution in [3.63, 3.8) is 0 Å². The second-order valence-electron chi connectivity index (χ2n) is 5.38. The van der Waals surface area contributed by atoms with Crippen LogP contribution in [0.25, 0.3) is 0 Å². The first kappa shape index (κ1) is 21.4. The van der Waals surface area contributed by atoms with Crippen molar-refractivity contribution >= 4 is 24.3 Å². The van der Waals surface area contributed by atoms with Crippen LogP contribution >= 0.6 is 12.4 Å². The fourth-order valence-corrected chi connectivity index (χ4v) is 2.36. The average molecular weight is 343 g/mol. The fourth-order valence-electron chi connectivity index (χ4n) is 2.36. The Morgan fingerprint density at radius 2 is 1.70 bits per heavy atom. The van der Waals surface area contributed by atoms with Gasteiger partial charge in [0.2, 0.25) is 5.91 Å². The summed E-state index contributed by atoms with van der Waals surface area (Å²) in [6, 6.07) is 9.12. The van der Waals surface area contributed by atoms with Crippen molar-refractivity contribution in [3.8, 4) is 0 Å². The molecule has 0 aromatic heterocycles. The van der Waals surface area contributed by atoms with E-state index in [0.717, 1.165) is 24.8 Å². The molecule has 130 valence electrons. The Hall–Kier alpha value is -1.59. The van der Waals surface area contributed by atoms with E-state index in [9.17, 15) is 9.59 Å². The molecule has 0 spiro atoms. The van der Waals surface area contributed by atoms with Gasteiger partial charge in [0, 0.05) is 0 Å². The number of nitrogens with one attached hydrogen (secondary N) is 2. The zero-order valence-corrected chi connectivity index (χ0v) is 14.6. The molecule has 6 heteroatoms. The van der Waals surface area contributed by atoms with E-state index in [2.05, 4.69) is 17.6 Å². The predicted octanol–water partition coefficient (Wildman–Crippen LogP) is 2.91. The van der Waals surface area contributed by atoms with Crippen LogP contribution in [-0.2, 0) is 9.59 Å². The molecule has 0 heterocycles. The first-order chi connectivity index (χ1) is 10.6. The van der Waals surface area contributed by atoms with Crippen molar-refractivity contribution < 1.29 is 14.7 Å². The van der Waals surface area contributed by atoms with Gasteiger partial charge in [-0.2, -0.15) is 0 Å². The van der Waals surface area contributed by atoms with Crippen LogP contribution in [0.4, 0.5) is 0 Å². The minimum Gasteiger partial charge on any atom is -0.480 e. The quantitative estimate of drug-likeness (QED) is 0.611. The second kappa shape index (κ2) is 11.9. The number of carboxylic acids is 1. The first-order valence-electron chi connectivity index (χ1n) is 7.89. The van der Waals surface area contributed by atoms with Gasteiger partial charge in [-0.15, -0.1) is 12.4 Å². The SMILES string of the molecule is CCCC(NCC(=O)NC(CCC)c1ccccc1)C(=O)O.Cl. The Morgan fingerprint density at radius 1 is 1.09 bits per heavy atom. The third-order valence-corrected chi connectivity index (χ3v) is 3.50. The number of amides is 1. The largest absolute Gasteiger partial charge is 0.480 e. The molecule has 1 aromatic carbocycles. The van der Waals surface area contributed by atoms with Gasteiger partial charge in [0.05, 0.1) is 12.6 Å². The monoisotopic (exact) mass is 342 g/mol. The van der Waals surface area contributed by atoms with Gasteiger partial charge in [0.1, 0.15) is 6.04 Å². The van der Waals surface area contributed by atoms with Gasteiger partial charge in [-0.25, -0.2) is 0 Å². The molecule has 0 radical (unpaired) electrons. The van der Waals surface area contributed by atoms with Gasteiger partial charge in [-0.3, -0.25) is 14.9 Å². The van der Waals surface area contributed by atoms with Gasteiger partial charge in [0.15, 0.2) is 0 Å². The highest BCUT2D eigenvalue weighted by molar-refractivity contribution is 5.85. The molecule has 0 fully saturated rings. The number of hydrogen-bond acceptors (Lipinski definition) is 3. The summed E-state index contributed by atoms with van der Waals surface area (Å²) < 4.78 is 0. The standard InChI is InChI=1S/C17H26N2O3.ClH/c1-3-8-14(13-10-6-5-7-11-13)19-16(20)12-18-15(9-4-2)17(21)22;/h5-7,10-11,14-15,18H,3-4,8-9,12H2,1-2H3,(H,19,20)(H,21,22);1H. The highest BCUT2D eigenvalue weighted by Crippen LogP contribution is 2.17. The molecule has 0 saturated carbocycles. The second-order valence-corrected chi connectivity index (χ2v) is 5.38. The molecule has 0 bridgehead atoms. The minimum absolute atomic E-state index is 0. The first-order valence-corrected chi connectivity index (χ1v) is 7.89. The number of carbonyl (C=O) groups is 2. The summed E-state index contributed by atoms with van der Waals surface area (Å²) in [5.41, 5.74) is 1.07. The Kier molecular flexibility index (Phi) is 11.1. The van der Waals surface area contributed by atoms with Crippen molar-refractivity contribution in [2.45, 2.75) is 51.6 Å². The highest BCUT2D eigenvalue weighted by atomic mass is 35.5. The number of halogens is 1. The fraction of sp³-hybridized carbons (Fsp3) is 0.529. The Balaban J connectivity index is 0.00000484. The van der Waals surface area contributed by atoms with Crippen molar-refractivity contribution in [3.05, 3.63) is 35.9 Å². The van der Waals surface area contributed by atoms with Crippen LogP contribution in [0.3, 0.4) is 0 Å². The average Bonchev–Trinajstić information content (AvgIpc) is 2.51. The Bertz CT molecular complexity index is 468. The van der Waals surface area contributed by atoms with E-state index in [1.807, 2.05) is 37.3 Å². The van der Waals surface area contributed by atoms with Crippen molar-refractivity contribution in [2.24, 2.45) is 0 Å². The Morgan fingerprint density at radius 3 is 2.22 bits per heavy atom. The third kappa shape index (κ3) is 8.00. The molecular formula is C17H27ClN2O3. The summed E-state index contributed by atoms with van der Waals surface area (Å²) in [4.78, 5) is 23.1. The topological polar surface area (TPSA) is 78.4 Å². The molecule has 1 amide bonds. The van der Waals surface area contributed by atoms with Gasteiger partial charge < -0.3 is 10.4 Å². The summed E-state index contributed by atoms with van der Waals surface area (Å²) in [5, 5.41) is 14.9. The lowest BCUT2D eigenvalue weighted by atomic mass is 10.0. The van der Waals surface area contributed by atoms with Crippen molar-refractivity contribution in [2.75, 3.05) is 6.54 Å². The summed E-state index contributed by atoms with van der Waals surface area (Å²) in [5.74, 6) is -1.09. The molecule has 5 nitrogen and oxygen atoms in total. The number of hydrogen-bond donors (Lipinski definition) is 3. The molecular weight excluding hydrogens is 316 g/mol. The van der Waals surface area contributed by atoms with Crippen LogP contribution in [0.2, 0.25) is 0 Å². The number of carboxylic acid groups (broad SMARTS) is 1. The molecule has 0 aliphatic carbocycles. The van der Waals surface area contributed by atoms with Crippen LogP contribution in [0.15, 0.2) is 30.3 Å². The van der Waals surface area contributed by atoms with Gasteiger partial charge >= 0.3 is 5.97 Å². The molecule has 23 heavy (non-hydrogen) atoms. The normalized spacial score (nSPS) is 12.8. The van der Waals surface area contributed by atoms with E-state index >= 15 is 0 Å². The third-order valence-electron chi connectivity index (χ3n) is 3.50. The summed E-state index contributed by atoms with van der Waals surface area (Å²) in [6.07, 6.45) is 3.08. The van der Waals surface area contributed by atoms with Crippen molar-refractivity contribution in [1.29, 1.82) is 0 Å². The molecule has 3 N–H and O–H groups in total. The summed E-state index contributed by atoms with van der Waals surface area (Å²) in [7, 11) is 0. The molecule has 1 rings (SSSR count). The van der Waals surface area contributed by atoms with Crippen LogP contribution < -0.4 is 10.6 Å². The number of carbonyl (C=O) groups excluding carboxylic acids is 1. The number of aliphatic carboxylic acids is 1. The molecule has 0 aliphatic heterocycles. The lowest BCUT2D eigenvalue weighted by Gasteiger charge is -2.20. The van der Waals surface area contributed by atoms with E-state index in [4.69, 9.17) is 5.11 Å². The number of rotatable bonds is 10. The van der Waals surface area contributed by atoms with Gasteiger partial charge in [0.25, 0.3) is 0 Å². The maximum absolute atomic E-state index is 12.1. The Labute approximate surface area is 144 Å². The molecule has 0 aliphatic rings. The predicted molar refractivity (Wildman–Crippen MR) is 93.8 cm³/mol. The maximum atomic E-state index is 12.1. The lowest BCUT2D eigenvalue weighted by molar-refractivity contribution is -0.139. The maximum Gasteiger partial charge on any atom is 0.320 e. The van der Waals surface area contributed by atoms with E-state index in [1.165, 1.54) is 0 Å². The molecule has 0 saturated heterocycles. The van der Waals surface area contributed by atoms with Gasteiger partial charge in [-0.1, -0.05) is 57.0 Å². The summed E-state index contributed by atoms with van der Waals surface area (Å²) in [6.45, 7) is 4.01. The molecule has 1 aromatic rings. The van der Waals surface area contributed by atoms with E-state index in [-0.39, 0.29) is 30.9 Å². The van der Waals surface area contributed by atoms with Gasteiger partial charge in [-0.05, 0) is 18.4 Å². The highest BCUT2D eigenvalue weighted by Gasteiger charge is 2.18. The summed E-state index contributed by atoms with van der Waals surface area (Å²) >= 11 is 0. The zero-order valence-electron chi connectivity index (χ0n) is 13.7.